The molecule has 1 nitrogen and oxygen atoms in total. The maximum Gasteiger partial charge on any atom is 0.0683 e. The highest BCUT2D eigenvalue weighted by Gasteiger charge is 2.48. The van der Waals surface area contributed by atoms with E-state index in [1.165, 1.54) is 51.4 Å². The lowest BCUT2D eigenvalue weighted by molar-refractivity contribution is -0.134. The van der Waals surface area contributed by atoms with Crippen LogP contribution in [-0.2, 0) is 4.74 Å². The van der Waals surface area contributed by atoms with Crippen LogP contribution < -0.4 is 0 Å². The van der Waals surface area contributed by atoms with Crippen LogP contribution in [0.25, 0.3) is 0 Å². The molecule has 0 aliphatic heterocycles. The van der Waals surface area contributed by atoms with Crippen LogP contribution in [0.1, 0.15) is 65.2 Å². The van der Waals surface area contributed by atoms with E-state index in [0.29, 0.717) is 5.60 Å². The normalized spacial score (nSPS) is 41.6. The van der Waals surface area contributed by atoms with Crippen molar-refractivity contribution in [3.63, 3.8) is 0 Å². The van der Waals surface area contributed by atoms with E-state index >= 15 is 0 Å². The Morgan fingerprint density at radius 2 is 1.50 bits per heavy atom. The number of rotatable bonds is 4. The topological polar surface area (TPSA) is 9.23 Å². The molecule has 0 heterocycles. The average molecular weight is 196 g/mol. The third-order valence-electron chi connectivity index (χ3n) is 4.56. The van der Waals surface area contributed by atoms with E-state index in [0.717, 1.165) is 12.0 Å². The number of hydrogen-bond acceptors (Lipinski definition) is 1. The molecule has 0 aromatic heterocycles. The van der Waals surface area contributed by atoms with Crippen LogP contribution in [0.3, 0.4) is 0 Å². The summed E-state index contributed by atoms with van der Waals surface area (Å²) in [7, 11) is 0. The standard InChI is InChI=1S/C13H24O/c1-3-5-12-6-9-13(10-7-12,11-8-12)14-4-2/h3-11H2,1-2H3. The molecule has 1 heteroatoms. The van der Waals surface area contributed by atoms with Gasteiger partial charge in [-0.2, -0.15) is 0 Å². The summed E-state index contributed by atoms with van der Waals surface area (Å²) in [5, 5.41) is 0. The summed E-state index contributed by atoms with van der Waals surface area (Å²) in [6.07, 6.45) is 11.1. The molecule has 0 aromatic carbocycles. The Balaban J connectivity index is 1.98. The molecule has 3 aliphatic rings. The molecular formula is C13H24O. The van der Waals surface area contributed by atoms with Gasteiger partial charge in [-0.05, 0) is 57.3 Å². The van der Waals surface area contributed by atoms with Crippen LogP contribution in [0.15, 0.2) is 0 Å². The van der Waals surface area contributed by atoms with Gasteiger partial charge in [0.15, 0.2) is 0 Å². The molecule has 0 spiro atoms. The molecule has 0 radical (unpaired) electrons. The summed E-state index contributed by atoms with van der Waals surface area (Å²) in [5.74, 6) is 0. The predicted octanol–water partition coefficient (Wildman–Crippen LogP) is 3.92. The maximum absolute atomic E-state index is 5.98. The lowest BCUT2D eigenvalue weighted by Gasteiger charge is -2.53. The third kappa shape index (κ3) is 1.71. The lowest BCUT2D eigenvalue weighted by atomic mass is 9.57. The first kappa shape index (κ1) is 10.5. The van der Waals surface area contributed by atoms with Crippen molar-refractivity contribution in [3.05, 3.63) is 0 Å². The maximum atomic E-state index is 5.98. The molecule has 3 rings (SSSR count). The monoisotopic (exact) mass is 196 g/mol. The predicted molar refractivity (Wildman–Crippen MR) is 59.4 cm³/mol. The first-order chi connectivity index (χ1) is 6.74. The van der Waals surface area contributed by atoms with Crippen molar-refractivity contribution in [2.45, 2.75) is 70.8 Å². The molecule has 0 unspecified atom stereocenters. The van der Waals surface area contributed by atoms with Gasteiger partial charge in [0.25, 0.3) is 0 Å². The van der Waals surface area contributed by atoms with Crippen molar-refractivity contribution >= 4 is 0 Å². The fourth-order valence-electron chi connectivity index (χ4n) is 3.66. The van der Waals surface area contributed by atoms with Gasteiger partial charge in [0.05, 0.1) is 5.60 Å². The molecule has 3 saturated carbocycles. The van der Waals surface area contributed by atoms with Gasteiger partial charge < -0.3 is 4.74 Å². The zero-order chi connectivity index (χ0) is 10.1. The number of fused-ring (bicyclic) bond motifs is 3. The Morgan fingerprint density at radius 1 is 0.929 bits per heavy atom. The minimum atomic E-state index is 0.310. The summed E-state index contributed by atoms with van der Waals surface area (Å²) < 4.78 is 5.98. The zero-order valence-electron chi connectivity index (χ0n) is 9.77. The van der Waals surface area contributed by atoms with Gasteiger partial charge in [-0.15, -0.1) is 0 Å². The van der Waals surface area contributed by atoms with E-state index in [2.05, 4.69) is 13.8 Å². The van der Waals surface area contributed by atoms with Crippen LogP contribution in [0.5, 0.6) is 0 Å². The minimum absolute atomic E-state index is 0.310. The van der Waals surface area contributed by atoms with Crippen LogP contribution in [0, 0.1) is 5.41 Å². The van der Waals surface area contributed by atoms with Gasteiger partial charge in [0, 0.05) is 6.61 Å². The zero-order valence-corrected chi connectivity index (χ0v) is 9.77. The Kier molecular flexibility index (Phi) is 2.88. The Morgan fingerprint density at radius 3 is 1.93 bits per heavy atom. The Bertz CT molecular complexity index is 151. The fraction of sp³-hybridized carbons (Fsp3) is 1.00. The first-order valence-corrected chi connectivity index (χ1v) is 6.38. The van der Waals surface area contributed by atoms with Crippen LogP contribution in [-0.4, -0.2) is 12.2 Å². The molecule has 2 bridgehead atoms. The van der Waals surface area contributed by atoms with Gasteiger partial charge in [0.1, 0.15) is 0 Å². The second-order valence-corrected chi connectivity index (χ2v) is 5.37. The van der Waals surface area contributed by atoms with E-state index in [-0.39, 0.29) is 0 Å². The van der Waals surface area contributed by atoms with Gasteiger partial charge in [-0.3, -0.25) is 0 Å². The van der Waals surface area contributed by atoms with Crippen molar-refractivity contribution in [2.75, 3.05) is 6.61 Å². The Labute approximate surface area is 88.2 Å². The number of hydrogen-bond donors (Lipinski definition) is 0. The van der Waals surface area contributed by atoms with E-state index in [4.69, 9.17) is 4.74 Å². The largest absolute Gasteiger partial charge is 0.375 e. The summed E-state index contributed by atoms with van der Waals surface area (Å²) in [6.45, 7) is 5.37. The van der Waals surface area contributed by atoms with Crippen molar-refractivity contribution in [2.24, 2.45) is 5.41 Å². The van der Waals surface area contributed by atoms with E-state index in [9.17, 15) is 0 Å². The minimum Gasteiger partial charge on any atom is -0.375 e. The van der Waals surface area contributed by atoms with Crippen molar-refractivity contribution in [1.82, 2.24) is 0 Å². The fourth-order valence-corrected chi connectivity index (χ4v) is 3.66. The second-order valence-electron chi connectivity index (χ2n) is 5.37. The molecule has 3 aliphatic carbocycles. The highest BCUT2D eigenvalue weighted by Crippen LogP contribution is 2.55. The molecule has 0 aromatic rings. The highest BCUT2D eigenvalue weighted by atomic mass is 16.5. The molecule has 82 valence electrons. The van der Waals surface area contributed by atoms with Crippen LogP contribution in [0.4, 0.5) is 0 Å². The SMILES string of the molecule is CCCC12CCC(OCC)(CC1)CC2. The van der Waals surface area contributed by atoms with Crippen molar-refractivity contribution < 1.29 is 4.74 Å². The summed E-state index contributed by atoms with van der Waals surface area (Å²) >= 11 is 0. The lowest BCUT2D eigenvalue weighted by Crippen LogP contribution is -2.47. The van der Waals surface area contributed by atoms with Gasteiger partial charge in [-0.1, -0.05) is 13.3 Å². The number of ether oxygens (including phenoxy) is 1. The molecule has 3 fully saturated rings. The second kappa shape index (κ2) is 3.84. The molecule has 0 N–H and O–H groups in total. The van der Waals surface area contributed by atoms with Gasteiger partial charge in [0.2, 0.25) is 0 Å². The van der Waals surface area contributed by atoms with Crippen LogP contribution >= 0.6 is 0 Å². The molecule has 0 atom stereocenters. The van der Waals surface area contributed by atoms with Gasteiger partial charge >= 0.3 is 0 Å². The van der Waals surface area contributed by atoms with Crippen LogP contribution in [0.2, 0.25) is 0 Å². The summed E-state index contributed by atoms with van der Waals surface area (Å²) in [6, 6.07) is 0. The summed E-state index contributed by atoms with van der Waals surface area (Å²) in [4.78, 5) is 0. The third-order valence-corrected chi connectivity index (χ3v) is 4.56. The summed E-state index contributed by atoms with van der Waals surface area (Å²) in [5.41, 5.74) is 1.04. The molecule has 0 saturated heterocycles. The van der Waals surface area contributed by atoms with E-state index in [1.807, 2.05) is 0 Å². The van der Waals surface area contributed by atoms with E-state index in [1.54, 1.807) is 0 Å². The Hall–Kier alpha value is -0.0400. The smallest absolute Gasteiger partial charge is 0.0683 e. The van der Waals surface area contributed by atoms with Crippen molar-refractivity contribution in [1.29, 1.82) is 0 Å². The molecule has 14 heavy (non-hydrogen) atoms. The average Bonchev–Trinajstić information content (AvgIpc) is 2.22. The molecule has 0 amide bonds. The van der Waals surface area contributed by atoms with E-state index < -0.39 is 0 Å². The quantitative estimate of drug-likeness (QED) is 0.662. The first-order valence-electron chi connectivity index (χ1n) is 6.38. The van der Waals surface area contributed by atoms with Crippen molar-refractivity contribution in [3.8, 4) is 0 Å². The highest BCUT2D eigenvalue weighted by molar-refractivity contribution is 5.00. The molecular weight excluding hydrogens is 172 g/mol. The van der Waals surface area contributed by atoms with Gasteiger partial charge in [-0.25, -0.2) is 0 Å².